The number of aryl methyl sites for hydroxylation is 1. The number of hydrogen-bond donors (Lipinski definition) is 2. The van der Waals surface area contributed by atoms with Gasteiger partial charge in [-0.3, -0.25) is 11.3 Å². The summed E-state index contributed by atoms with van der Waals surface area (Å²) in [4.78, 5) is 0. The summed E-state index contributed by atoms with van der Waals surface area (Å²) in [6.45, 7) is 0. The zero-order chi connectivity index (χ0) is 14.5. The second-order valence-corrected chi connectivity index (χ2v) is 5.63. The van der Waals surface area contributed by atoms with Gasteiger partial charge < -0.3 is 4.74 Å². The highest BCUT2D eigenvalue weighted by Gasteiger charge is 2.23. The molecule has 3 nitrogen and oxygen atoms in total. The van der Waals surface area contributed by atoms with E-state index in [9.17, 15) is 0 Å². The minimum Gasteiger partial charge on any atom is -0.490 e. The Morgan fingerprint density at radius 2 is 1.76 bits per heavy atom. The monoisotopic (exact) mass is 282 g/mol. The van der Waals surface area contributed by atoms with Crippen LogP contribution in [0, 0.1) is 0 Å². The molecule has 1 atom stereocenters. The normalized spacial score (nSPS) is 15.7. The molecule has 1 aliphatic carbocycles. The lowest BCUT2D eigenvalue weighted by atomic mass is 9.99. The Labute approximate surface area is 126 Å². The van der Waals surface area contributed by atoms with Gasteiger partial charge in [0.2, 0.25) is 0 Å². The average Bonchev–Trinajstić information content (AvgIpc) is 3.34. The molecule has 0 aromatic heterocycles. The van der Waals surface area contributed by atoms with Crippen LogP contribution in [0.5, 0.6) is 5.75 Å². The molecule has 21 heavy (non-hydrogen) atoms. The average molecular weight is 282 g/mol. The Bertz CT molecular complexity index is 549. The second-order valence-electron chi connectivity index (χ2n) is 5.63. The van der Waals surface area contributed by atoms with Gasteiger partial charge in [-0.25, -0.2) is 0 Å². The van der Waals surface area contributed by atoms with Crippen molar-refractivity contribution in [3.05, 3.63) is 65.7 Å². The highest BCUT2D eigenvalue weighted by atomic mass is 16.5. The maximum absolute atomic E-state index is 5.77. The predicted molar refractivity (Wildman–Crippen MR) is 84.9 cm³/mol. The Morgan fingerprint density at radius 3 is 2.38 bits per heavy atom. The molecule has 3 heteroatoms. The summed E-state index contributed by atoms with van der Waals surface area (Å²) in [5, 5.41) is 0. The molecule has 1 fully saturated rings. The molecule has 0 aliphatic heterocycles. The molecule has 2 aromatic carbocycles. The van der Waals surface area contributed by atoms with Crippen molar-refractivity contribution < 1.29 is 4.74 Å². The number of rotatable bonds is 7. The van der Waals surface area contributed by atoms with Gasteiger partial charge in [-0.05, 0) is 48.9 Å². The second kappa shape index (κ2) is 6.74. The number of ether oxygens (including phenoxy) is 1. The van der Waals surface area contributed by atoms with Crippen molar-refractivity contribution in [3.8, 4) is 5.75 Å². The Balaban J connectivity index is 1.59. The Kier molecular flexibility index (Phi) is 4.53. The third-order valence-corrected chi connectivity index (χ3v) is 3.88. The fraction of sp³-hybridized carbons (Fsp3) is 0.333. The standard InChI is InChI=1S/C18H22N2O/c19-20-18(13-6-14-4-2-1-3-5-14)15-7-9-16(10-8-15)21-17-11-12-17/h1-5,7-10,17-18,20H,6,11-13,19H2. The fourth-order valence-corrected chi connectivity index (χ4v) is 2.46. The van der Waals surface area contributed by atoms with Crippen molar-refractivity contribution in [2.75, 3.05) is 0 Å². The highest BCUT2D eigenvalue weighted by Crippen LogP contribution is 2.28. The van der Waals surface area contributed by atoms with Crippen LogP contribution in [0.2, 0.25) is 0 Å². The van der Waals surface area contributed by atoms with E-state index < -0.39 is 0 Å². The van der Waals surface area contributed by atoms with Crippen LogP contribution < -0.4 is 16.0 Å². The molecule has 0 heterocycles. The molecule has 0 bridgehead atoms. The molecule has 0 spiro atoms. The molecule has 0 radical (unpaired) electrons. The van der Waals surface area contributed by atoms with E-state index >= 15 is 0 Å². The zero-order valence-electron chi connectivity index (χ0n) is 12.2. The first-order valence-corrected chi connectivity index (χ1v) is 7.62. The molecule has 0 amide bonds. The van der Waals surface area contributed by atoms with Crippen molar-refractivity contribution in [3.63, 3.8) is 0 Å². The largest absolute Gasteiger partial charge is 0.490 e. The van der Waals surface area contributed by atoms with E-state index in [0.29, 0.717) is 6.10 Å². The number of hydrazine groups is 1. The van der Waals surface area contributed by atoms with Crippen molar-refractivity contribution >= 4 is 0 Å². The third kappa shape index (κ3) is 4.06. The van der Waals surface area contributed by atoms with E-state index in [2.05, 4.69) is 41.8 Å². The van der Waals surface area contributed by atoms with Crippen molar-refractivity contribution in [1.29, 1.82) is 0 Å². The maximum atomic E-state index is 5.77. The van der Waals surface area contributed by atoms with Crippen molar-refractivity contribution in [1.82, 2.24) is 5.43 Å². The SMILES string of the molecule is NNC(CCc1ccccc1)c1ccc(OC2CC2)cc1. The van der Waals surface area contributed by atoms with Gasteiger partial charge in [0.25, 0.3) is 0 Å². The van der Waals surface area contributed by atoms with E-state index in [1.54, 1.807) is 0 Å². The number of nitrogens with two attached hydrogens (primary N) is 1. The van der Waals surface area contributed by atoms with Gasteiger partial charge in [-0.1, -0.05) is 42.5 Å². The van der Waals surface area contributed by atoms with Crippen molar-refractivity contribution in [2.45, 2.75) is 37.8 Å². The first kappa shape index (κ1) is 14.1. The van der Waals surface area contributed by atoms with E-state index in [-0.39, 0.29) is 6.04 Å². The molecule has 0 saturated heterocycles. The van der Waals surface area contributed by atoms with Crippen LogP contribution in [0.25, 0.3) is 0 Å². The van der Waals surface area contributed by atoms with E-state index in [1.165, 1.54) is 24.0 Å². The summed E-state index contributed by atoms with van der Waals surface area (Å²) in [7, 11) is 0. The molecular weight excluding hydrogens is 260 g/mol. The van der Waals surface area contributed by atoms with Gasteiger partial charge in [-0.2, -0.15) is 0 Å². The van der Waals surface area contributed by atoms with Crippen molar-refractivity contribution in [2.24, 2.45) is 5.84 Å². The zero-order valence-corrected chi connectivity index (χ0v) is 12.2. The van der Waals surface area contributed by atoms with Gasteiger partial charge in [0.05, 0.1) is 6.10 Å². The highest BCUT2D eigenvalue weighted by molar-refractivity contribution is 5.30. The Morgan fingerprint density at radius 1 is 1.05 bits per heavy atom. The summed E-state index contributed by atoms with van der Waals surface area (Å²) < 4.78 is 5.77. The summed E-state index contributed by atoms with van der Waals surface area (Å²) >= 11 is 0. The lowest BCUT2D eigenvalue weighted by Gasteiger charge is -2.17. The lowest BCUT2D eigenvalue weighted by Crippen LogP contribution is -2.28. The maximum Gasteiger partial charge on any atom is 0.119 e. The quantitative estimate of drug-likeness (QED) is 0.604. The van der Waals surface area contributed by atoms with Crippen LogP contribution >= 0.6 is 0 Å². The van der Waals surface area contributed by atoms with Gasteiger partial charge in [0.1, 0.15) is 5.75 Å². The van der Waals surface area contributed by atoms with Gasteiger partial charge in [-0.15, -0.1) is 0 Å². The smallest absolute Gasteiger partial charge is 0.119 e. The first-order valence-electron chi connectivity index (χ1n) is 7.62. The van der Waals surface area contributed by atoms with E-state index in [4.69, 9.17) is 10.6 Å². The predicted octanol–water partition coefficient (Wildman–Crippen LogP) is 3.37. The molecule has 3 rings (SSSR count). The summed E-state index contributed by atoms with van der Waals surface area (Å²) in [5.74, 6) is 6.67. The van der Waals surface area contributed by atoms with Crippen LogP contribution in [0.4, 0.5) is 0 Å². The minimum atomic E-state index is 0.167. The van der Waals surface area contributed by atoms with Crippen LogP contribution in [-0.2, 0) is 6.42 Å². The van der Waals surface area contributed by atoms with E-state index in [1.807, 2.05) is 18.2 Å². The molecular formula is C18H22N2O. The molecule has 3 N–H and O–H groups in total. The molecule has 1 aliphatic rings. The Hall–Kier alpha value is -1.84. The summed E-state index contributed by atoms with van der Waals surface area (Å²) in [5.41, 5.74) is 5.46. The van der Waals surface area contributed by atoms with Crippen LogP contribution in [0.3, 0.4) is 0 Å². The van der Waals surface area contributed by atoms with E-state index in [0.717, 1.165) is 18.6 Å². The molecule has 1 unspecified atom stereocenters. The first-order chi connectivity index (χ1) is 10.3. The molecule has 2 aromatic rings. The van der Waals surface area contributed by atoms with Crippen LogP contribution in [0.1, 0.15) is 36.4 Å². The molecule has 110 valence electrons. The van der Waals surface area contributed by atoms with Crippen LogP contribution in [0.15, 0.2) is 54.6 Å². The fourth-order valence-electron chi connectivity index (χ4n) is 2.46. The lowest BCUT2D eigenvalue weighted by molar-refractivity contribution is 0.303. The van der Waals surface area contributed by atoms with Crippen LogP contribution in [-0.4, -0.2) is 6.10 Å². The number of benzene rings is 2. The minimum absolute atomic E-state index is 0.167. The molecule has 1 saturated carbocycles. The van der Waals surface area contributed by atoms with Gasteiger partial charge >= 0.3 is 0 Å². The summed E-state index contributed by atoms with van der Waals surface area (Å²) in [6.07, 6.45) is 4.80. The number of nitrogens with one attached hydrogen (secondary N) is 1. The van der Waals surface area contributed by atoms with Gasteiger partial charge in [0.15, 0.2) is 0 Å². The summed E-state index contributed by atoms with van der Waals surface area (Å²) in [6, 6.07) is 19.0. The van der Waals surface area contributed by atoms with Gasteiger partial charge in [0, 0.05) is 6.04 Å². The third-order valence-electron chi connectivity index (χ3n) is 3.88. The number of hydrogen-bond acceptors (Lipinski definition) is 3. The topological polar surface area (TPSA) is 47.3 Å².